The first-order valence-electron chi connectivity index (χ1n) is 7.35. The summed E-state index contributed by atoms with van der Waals surface area (Å²) in [5.41, 5.74) is 1.33. The van der Waals surface area contributed by atoms with Gasteiger partial charge in [0.2, 0.25) is 5.91 Å². The van der Waals surface area contributed by atoms with Gasteiger partial charge in [-0.1, -0.05) is 12.1 Å². The predicted molar refractivity (Wildman–Crippen MR) is 85.9 cm³/mol. The van der Waals surface area contributed by atoms with Crippen LogP contribution in [0.3, 0.4) is 0 Å². The highest BCUT2D eigenvalue weighted by Crippen LogP contribution is 2.36. The molecule has 1 N–H and O–H groups in total. The number of fused-ring (bicyclic) bond motifs is 1. The van der Waals surface area contributed by atoms with Crippen molar-refractivity contribution in [3.63, 3.8) is 0 Å². The van der Waals surface area contributed by atoms with Crippen molar-refractivity contribution in [2.24, 2.45) is 7.05 Å². The Bertz CT molecular complexity index is 754. The van der Waals surface area contributed by atoms with Crippen molar-refractivity contribution in [1.29, 1.82) is 0 Å². The molecule has 7 heteroatoms. The van der Waals surface area contributed by atoms with Crippen LogP contribution < -0.4 is 10.2 Å². The number of aryl methyl sites for hydroxylation is 1. The Morgan fingerprint density at radius 3 is 2.70 bits per heavy atom. The van der Waals surface area contributed by atoms with Crippen molar-refractivity contribution in [1.82, 2.24) is 19.8 Å². The van der Waals surface area contributed by atoms with Gasteiger partial charge in [-0.25, -0.2) is 4.98 Å². The lowest BCUT2D eigenvalue weighted by Gasteiger charge is -2.43. The predicted octanol–water partition coefficient (Wildman–Crippen LogP) is 0.757. The zero-order chi connectivity index (χ0) is 16.6. The Kier molecular flexibility index (Phi) is 3.77. The number of rotatable bonds is 3. The van der Waals surface area contributed by atoms with E-state index in [1.54, 1.807) is 31.3 Å². The summed E-state index contributed by atoms with van der Waals surface area (Å²) in [6.07, 6.45) is 3.08. The quantitative estimate of drug-likeness (QED) is 0.908. The molecule has 1 atom stereocenters. The fraction of sp³-hybridized carbons (Fsp3) is 0.312. The van der Waals surface area contributed by atoms with Crippen molar-refractivity contribution in [3.05, 3.63) is 48.0 Å². The molecule has 2 heterocycles. The van der Waals surface area contributed by atoms with Gasteiger partial charge in [-0.05, 0) is 12.1 Å². The molecule has 0 radical (unpaired) electrons. The molecule has 0 saturated heterocycles. The van der Waals surface area contributed by atoms with Gasteiger partial charge in [-0.15, -0.1) is 0 Å². The second kappa shape index (κ2) is 5.75. The molecule has 3 rings (SSSR count). The van der Waals surface area contributed by atoms with Crippen LogP contribution in [-0.4, -0.2) is 46.9 Å². The van der Waals surface area contributed by atoms with Crippen LogP contribution in [0.15, 0.2) is 36.7 Å². The van der Waals surface area contributed by atoms with Gasteiger partial charge in [0.25, 0.3) is 5.91 Å². The lowest BCUT2D eigenvalue weighted by molar-refractivity contribution is -0.119. The number of nitrogens with zero attached hydrogens (tertiary/aromatic N) is 4. The number of imidazole rings is 1. The average Bonchev–Trinajstić information content (AvgIpc) is 2.98. The van der Waals surface area contributed by atoms with Crippen LogP contribution in [0, 0.1) is 0 Å². The third-order valence-electron chi connectivity index (χ3n) is 4.11. The van der Waals surface area contributed by atoms with Crippen molar-refractivity contribution in [2.45, 2.75) is 6.17 Å². The third kappa shape index (κ3) is 2.44. The third-order valence-corrected chi connectivity index (χ3v) is 4.11. The van der Waals surface area contributed by atoms with E-state index in [9.17, 15) is 9.59 Å². The van der Waals surface area contributed by atoms with Crippen molar-refractivity contribution in [2.75, 3.05) is 25.5 Å². The summed E-state index contributed by atoms with van der Waals surface area (Å²) < 4.78 is 1.86. The van der Waals surface area contributed by atoms with Crippen LogP contribution in [-0.2, 0) is 11.8 Å². The second-order valence-electron chi connectivity index (χ2n) is 5.50. The number of anilines is 1. The number of para-hydroxylation sites is 1. The van der Waals surface area contributed by atoms with Crippen molar-refractivity contribution in [3.8, 4) is 0 Å². The minimum Gasteiger partial charge on any atom is -0.358 e. The zero-order valence-corrected chi connectivity index (χ0v) is 13.4. The Hall–Kier alpha value is -2.83. The molecule has 2 aromatic rings. The van der Waals surface area contributed by atoms with E-state index in [1.165, 1.54) is 0 Å². The van der Waals surface area contributed by atoms with E-state index in [0.717, 1.165) is 5.69 Å². The van der Waals surface area contributed by atoms with Gasteiger partial charge in [0, 0.05) is 33.5 Å². The normalized spacial score (nSPS) is 17.2. The van der Waals surface area contributed by atoms with Crippen molar-refractivity contribution >= 4 is 17.5 Å². The molecule has 120 valence electrons. The molecular weight excluding hydrogens is 294 g/mol. The van der Waals surface area contributed by atoms with Gasteiger partial charge in [-0.2, -0.15) is 0 Å². The second-order valence-corrected chi connectivity index (χ2v) is 5.50. The van der Waals surface area contributed by atoms with E-state index in [2.05, 4.69) is 10.3 Å². The molecule has 23 heavy (non-hydrogen) atoms. The van der Waals surface area contributed by atoms with E-state index < -0.39 is 6.17 Å². The van der Waals surface area contributed by atoms with Gasteiger partial charge in [0.1, 0.15) is 0 Å². The largest absolute Gasteiger partial charge is 0.358 e. The molecule has 0 saturated carbocycles. The Labute approximate surface area is 134 Å². The number of benzene rings is 1. The first-order valence-corrected chi connectivity index (χ1v) is 7.35. The van der Waals surface area contributed by atoms with Crippen molar-refractivity contribution < 1.29 is 9.59 Å². The molecule has 7 nitrogen and oxygen atoms in total. The highest BCUT2D eigenvalue weighted by molar-refractivity contribution is 6.02. The fourth-order valence-corrected chi connectivity index (χ4v) is 2.89. The number of aromatic nitrogens is 2. The monoisotopic (exact) mass is 313 g/mol. The molecule has 0 spiro atoms. The molecule has 0 bridgehead atoms. The van der Waals surface area contributed by atoms with Gasteiger partial charge >= 0.3 is 0 Å². The summed E-state index contributed by atoms with van der Waals surface area (Å²) in [6, 6.07) is 7.33. The lowest BCUT2D eigenvalue weighted by atomic mass is 10.1. The topological polar surface area (TPSA) is 70.5 Å². The first kappa shape index (κ1) is 15.1. The van der Waals surface area contributed by atoms with Crippen LogP contribution in [0.5, 0.6) is 0 Å². The smallest absolute Gasteiger partial charge is 0.257 e. The maximum atomic E-state index is 12.7. The average molecular weight is 313 g/mol. The highest BCUT2D eigenvalue weighted by atomic mass is 16.2. The molecule has 0 aliphatic carbocycles. The van der Waals surface area contributed by atoms with E-state index in [0.29, 0.717) is 11.4 Å². The van der Waals surface area contributed by atoms with Gasteiger partial charge in [-0.3, -0.25) is 9.59 Å². The number of likely N-dealkylation sites (N-methyl/N-ethyl adjacent to an activating group) is 1. The van der Waals surface area contributed by atoms with Gasteiger partial charge < -0.3 is 19.7 Å². The maximum Gasteiger partial charge on any atom is 0.257 e. The summed E-state index contributed by atoms with van der Waals surface area (Å²) in [7, 11) is 5.20. The van der Waals surface area contributed by atoms with Gasteiger partial charge in [0.15, 0.2) is 12.0 Å². The number of carbonyl (C=O) groups is 2. The van der Waals surface area contributed by atoms with E-state index in [1.807, 2.05) is 40.9 Å². The number of hydrogen-bond acceptors (Lipinski definition) is 4. The molecule has 1 aromatic carbocycles. The van der Waals surface area contributed by atoms with Crippen LogP contribution in [0.1, 0.15) is 22.3 Å². The summed E-state index contributed by atoms with van der Waals surface area (Å²) >= 11 is 0. The van der Waals surface area contributed by atoms with E-state index in [-0.39, 0.29) is 18.4 Å². The Balaban J connectivity index is 2.14. The summed E-state index contributed by atoms with van der Waals surface area (Å²) in [5, 5.41) is 2.64. The molecule has 2 amide bonds. The molecule has 1 aliphatic rings. The molecule has 0 fully saturated rings. The summed E-state index contributed by atoms with van der Waals surface area (Å²) in [6.45, 7) is 0.142. The Morgan fingerprint density at radius 1 is 1.30 bits per heavy atom. The van der Waals surface area contributed by atoms with Crippen LogP contribution in [0.4, 0.5) is 5.69 Å². The zero-order valence-electron chi connectivity index (χ0n) is 13.4. The SMILES string of the molecule is CNC(=O)CN1c2ccccc2C(=O)N(C)[C@@H]1c1nccn1C. The highest BCUT2D eigenvalue weighted by Gasteiger charge is 2.38. The molecule has 1 aliphatic heterocycles. The number of carbonyl (C=O) groups excluding carboxylic acids is 2. The number of amides is 2. The van der Waals surface area contributed by atoms with E-state index >= 15 is 0 Å². The van der Waals surface area contributed by atoms with E-state index in [4.69, 9.17) is 0 Å². The molecule has 1 aromatic heterocycles. The first-order chi connectivity index (χ1) is 11.0. The fourth-order valence-electron chi connectivity index (χ4n) is 2.89. The minimum atomic E-state index is -0.435. The lowest BCUT2D eigenvalue weighted by Crippen LogP contribution is -2.51. The van der Waals surface area contributed by atoms with Gasteiger partial charge in [0.05, 0.1) is 17.8 Å². The van der Waals surface area contributed by atoms with Crippen LogP contribution in [0.2, 0.25) is 0 Å². The van der Waals surface area contributed by atoms with Crippen LogP contribution in [0.25, 0.3) is 0 Å². The number of nitrogens with one attached hydrogen (secondary N) is 1. The number of hydrogen-bond donors (Lipinski definition) is 1. The summed E-state index contributed by atoms with van der Waals surface area (Å²) in [5.74, 6) is 0.503. The molecular formula is C16H19N5O2. The minimum absolute atomic E-state index is 0.0817. The van der Waals surface area contributed by atoms with Crippen LogP contribution >= 0.6 is 0 Å². The maximum absolute atomic E-state index is 12.7. The molecule has 0 unspecified atom stereocenters. The Morgan fingerprint density at radius 2 is 2.04 bits per heavy atom. The standard InChI is InChI=1S/C16H19N5O2/c1-17-13(22)10-21-12-7-5-4-6-11(12)16(23)20(3)15(21)14-18-8-9-19(14)2/h4-9,15H,10H2,1-3H3,(H,17,22)/t15-/m0/s1. The summed E-state index contributed by atoms with van der Waals surface area (Å²) in [4.78, 5) is 32.6.